The van der Waals surface area contributed by atoms with Gasteiger partial charge in [0, 0.05) is 20.2 Å². The van der Waals surface area contributed by atoms with E-state index in [1.54, 1.807) is 7.11 Å². The van der Waals surface area contributed by atoms with E-state index in [1.807, 2.05) is 20.8 Å². The van der Waals surface area contributed by atoms with Gasteiger partial charge >= 0.3 is 6.09 Å². The van der Waals surface area contributed by atoms with Gasteiger partial charge in [0.25, 0.3) is 0 Å². The number of carbonyl (C=O) groups excluding carboxylic acids is 1. The third kappa shape index (κ3) is 4.52. The van der Waals surface area contributed by atoms with Gasteiger partial charge in [0.15, 0.2) is 0 Å². The average molecular weight is 244 g/mol. The van der Waals surface area contributed by atoms with Crippen LogP contribution in [0.3, 0.4) is 0 Å². The maximum Gasteiger partial charge on any atom is 0.408 e. The lowest BCUT2D eigenvalue weighted by Gasteiger charge is -2.36. The lowest BCUT2D eigenvalue weighted by atomic mass is 9.94. The highest BCUT2D eigenvalue weighted by molar-refractivity contribution is 5.68. The van der Waals surface area contributed by atoms with E-state index >= 15 is 0 Å². The van der Waals surface area contributed by atoms with Crippen molar-refractivity contribution in [3.8, 4) is 0 Å². The number of rotatable bonds is 2. The first kappa shape index (κ1) is 14.3. The molecule has 1 saturated heterocycles. The zero-order chi connectivity index (χ0) is 13.1. The Balaban J connectivity index is 2.51. The summed E-state index contributed by atoms with van der Waals surface area (Å²) in [6.07, 6.45) is -0.357. The molecule has 0 aromatic rings. The summed E-state index contributed by atoms with van der Waals surface area (Å²) in [4.78, 5) is 11.7. The first-order valence-corrected chi connectivity index (χ1v) is 6.06. The maximum absolute atomic E-state index is 11.7. The predicted octanol–water partition coefficient (Wildman–Crippen LogP) is 1.13. The van der Waals surface area contributed by atoms with Crippen molar-refractivity contribution in [2.45, 2.75) is 45.4 Å². The van der Waals surface area contributed by atoms with E-state index in [0.717, 1.165) is 6.54 Å². The Morgan fingerprint density at radius 1 is 1.35 bits per heavy atom. The molecule has 0 aromatic heterocycles. The van der Waals surface area contributed by atoms with Gasteiger partial charge in [-0.3, -0.25) is 0 Å². The Kier molecular flexibility index (Phi) is 4.77. The molecule has 2 N–H and O–H groups in total. The summed E-state index contributed by atoms with van der Waals surface area (Å²) in [6, 6.07) is -0.0430. The summed E-state index contributed by atoms with van der Waals surface area (Å²) < 4.78 is 10.7. The summed E-state index contributed by atoms with van der Waals surface area (Å²) >= 11 is 0. The lowest BCUT2D eigenvalue weighted by Crippen LogP contribution is -2.58. The van der Waals surface area contributed by atoms with Gasteiger partial charge in [-0.15, -0.1) is 0 Å². The van der Waals surface area contributed by atoms with Crippen molar-refractivity contribution in [2.24, 2.45) is 5.92 Å². The smallest absolute Gasteiger partial charge is 0.408 e. The Morgan fingerprint density at radius 2 is 2.00 bits per heavy atom. The quantitative estimate of drug-likeness (QED) is 0.764. The SMILES string of the molecule is COC1C(C)CNCC1NC(=O)OC(C)(C)C. The molecule has 5 nitrogen and oxygen atoms in total. The van der Waals surface area contributed by atoms with Crippen molar-refractivity contribution >= 4 is 6.09 Å². The molecule has 0 aromatic carbocycles. The Bertz CT molecular complexity index is 263. The fourth-order valence-corrected chi connectivity index (χ4v) is 2.08. The molecule has 0 spiro atoms. The van der Waals surface area contributed by atoms with Crippen LogP contribution < -0.4 is 10.6 Å². The third-order valence-electron chi connectivity index (χ3n) is 2.76. The van der Waals surface area contributed by atoms with Crippen LogP contribution in [0.1, 0.15) is 27.7 Å². The van der Waals surface area contributed by atoms with E-state index in [-0.39, 0.29) is 18.2 Å². The Labute approximate surface area is 103 Å². The van der Waals surface area contributed by atoms with Crippen LogP contribution in [0, 0.1) is 5.92 Å². The molecular weight excluding hydrogens is 220 g/mol. The van der Waals surface area contributed by atoms with Crippen LogP contribution in [0.2, 0.25) is 0 Å². The largest absolute Gasteiger partial charge is 0.444 e. The van der Waals surface area contributed by atoms with Crippen molar-refractivity contribution in [3.63, 3.8) is 0 Å². The van der Waals surface area contributed by atoms with Crippen LogP contribution in [-0.2, 0) is 9.47 Å². The fraction of sp³-hybridized carbons (Fsp3) is 0.917. The highest BCUT2D eigenvalue weighted by atomic mass is 16.6. The molecule has 1 amide bonds. The number of hydrogen-bond acceptors (Lipinski definition) is 4. The molecule has 1 fully saturated rings. The van der Waals surface area contributed by atoms with Crippen molar-refractivity contribution in [1.82, 2.24) is 10.6 Å². The first-order valence-electron chi connectivity index (χ1n) is 6.06. The minimum atomic E-state index is -0.472. The highest BCUT2D eigenvalue weighted by Crippen LogP contribution is 2.15. The number of ether oxygens (including phenoxy) is 2. The van der Waals surface area contributed by atoms with Gasteiger partial charge in [0.2, 0.25) is 0 Å². The number of piperidine rings is 1. The molecule has 1 aliphatic rings. The summed E-state index contributed by atoms with van der Waals surface area (Å²) in [5.74, 6) is 0.369. The van der Waals surface area contributed by atoms with E-state index in [0.29, 0.717) is 12.5 Å². The van der Waals surface area contributed by atoms with Crippen LogP contribution >= 0.6 is 0 Å². The van der Waals surface area contributed by atoms with Gasteiger partial charge in [-0.1, -0.05) is 6.92 Å². The molecule has 1 rings (SSSR count). The molecular formula is C12H24N2O3. The van der Waals surface area contributed by atoms with E-state index in [9.17, 15) is 4.79 Å². The topological polar surface area (TPSA) is 59.6 Å². The number of hydrogen-bond donors (Lipinski definition) is 2. The van der Waals surface area contributed by atoms with E-state index in [4.69, 9.17) is 9.47 Å². The second-order valence-corrected chi connectivity index (χ2v) is 5.59. The average Bonchev–Trinajstić information content (AvgIpc) is 2.14. The molecule has 1 aliphatic heterocycles. The van der Waals surface area contributed by atoms with E-state index in [2.05, 4.69) is 17.6 Å². The van der Waals surface area contributed by atoms with Crippen LogP contribution in [0.25, 0.3) is 0 Å². The second-order valence-electron chi connectivity index (χ2n) is 5.59. The fourth-order valence-electron chi connectivity index (χ4n) is 2.08. The van der Waals surface area contributed by atoms with Crippen LogP contribution in [-0.4, -0.2) is 44.0 Å². The zero-order valence-electron chi connectivity index (χ0n) is 11.4. The Morgan fingerprint density at radius 3 is 2.53 bits per heavy atom. The molecule has 1 heterocycles. The van der Waals surface area contributed by atoms with Gasteiger partial charge in [0.1, 0.15) is 5.60 Å². The third-order valence-corrected chi connectivity index (χ3v) is 2.76. The van der Waals surface area contributed by atoms with Gasteiger partial charge < -0.3 is 20.1 Å². The number of nitrogens with one attached hydrogen (secondary N) is 2. The second kappa shape index (κ2) is 5.69. The van der Waals surface area contributed by atoms with Gasteiger partial charge in [0.05, 0.1) is 12.1 Å². The summed E-state index contributed by atoms with van der Waals surface area (Å²) in [5.41, 5.74) is -0.472. The molecule has 5 heteroatoms. The van der Waals surface area contributed by atoms with Gasteiger partial charge in [-0.05, 0) is 26.7 Å². The summed E-state index contributed by atoms with van der Waals surface area (Å²) in [5, 5.41) is 6.12. The monoisotopic (exact) mass is 244 g/mol. The van der Waals surface area contributed by atoms with E-state index < -0.39 is 5.60 Å². The number of methoxy groups -OCH3 is 1. The highest BCUT2D eigenvalue weighted by Gasteiger charge is 2.32. The zero-order valence-corrected chi connectivity index (χ0v) is 11.4. The maximum atomic E-state index is 11.7. The van der Waals surface area contributed by atoms with E-state index in [1.165, 1.54) is 0 Å². The summed E-state index contributed by atoms with van der Waals surface area (Å²) in [7, 11) is 1.68. The van der Waals surface area contributed by atoms with Crippen LogP contribution in [0.4, 0.5) is 4.79 Å². The standard InChI is InChI=1S/C12H24N2O3/c1-8-6-13-7-9(10(8)16-5)14-11(15)17-12(2,3)4/h8-10,13H,6-7H2,1-5H3,(H,14,15). The van der Waals surface area contributed by atoms with Gasteiger partial charge in [-0.2, -0.15) is 0 Å². The number of carbonyl (C=O) groups is 1. The number of amides is 1. The molecule has 0 radical (unpaired) electrons. The predicted molar refractivity (Wildman–Crippen MR) is 66.0 cm³/mol. The lowest BCUT2D eigenvalue weighted by molar-refractivity contribution is 0.00233. The van der Waals surface area contributed by atoms with Crippen molar-refractivity contribution in [2.75, 3.05) is 20.2 Å². The van der Waals surface area contributed by atoms with Crippen LogP contribution in [0.15, 0.2) is 0 Å². The molecule has 0 saturated carbocycles. The minimum Gasteiger partial charge on any atom is -0.444 e. The minimum absolute atomic E-state index is 0.0313. The number of alkyl carbamates (subject to hydrolysis) is 1. The van der Waals surface area contributed by atoms with Crippen molar-refractivity contribution < 1.29 is 14.3 Å². The molecule has 100 valence electrons. The first-order chi connectivity index (χ1) is 7.83. The molecule has 17 heavy (non-hydrogen) atoms. The molecule has 3 atom stereocenters. The molecule has 0 bridgehead atoms. The Hall–Kier alpha value is -0.810. The van der Waals surface area contributed by atoms with Gasteiger partial charge in [-0.25, -0.2) is 4.79 Å². The normalized spacial score (nSPS) is 29.8. The van der Waals surface area contributed by atoms with Crippen molar-refractivity contribution in [1.29, 1.82) is 0 Å². The molecule has 0 aliphatic carbocycles. The summed E-state index contributed by atoms with van der Waals surface area (Å²) in [6.45, 7) is 9.27. The molecule has 3 unspecified atom stereocenters. The van der Waals surface area contributed by atoms with Crippen LogP contribution in [0.5, 0.6) is 0 Å². The van der Waals surface area contributed by atoms with Crippen molar-refractivity contribution in [3.05, 3.63) is 0 Å².